The maximum Gasteiger partial charge on any atom is 0.303 e. The van der Waals surface area contributed by atoms with E-state index in [1.807, 2.05) is 0 Å². The molecule has 16 heavy (non-hydrogen) atoms. The molecular weight excluding hydrogens is 206 g/mol. The van der Waals surface area contributed by atoms with Crippen molar-refractivity contribution in [1.82, 2.24) is 4.90 Å². The molecule has 2 aliphatic rings. The third-order valence-electron chi connectivity index (χ3n) is 3.89. The summed E-state index contributed by atoms with van der Waals surface area (Å²) in [5, 5.41) is 8.66. The van der Waals surface area contributed by atoms with Crippen LogP contribution in [-0.4, -0.2) is 47.8 Å². The van der Waals surface area contributed by atoms with Gasteiger partial charge in [0.05, 0.1) is 6.10 Å². The molecule has 0 saturated carbocycles. The van der Waals surface area contributed by atoms with Crippen molar-refractivity contribution in [2.75, 3.05) is 19.7 Å². The van der Waals surface area contributed by atoms with Crippen molar-refractivity contribution in [2.45, 2.75) is 44.8 Å². The topological polar surface area (TPSA) is 49.8 Å². The molecule has 2 aliphatic heterocycles. The predicted octanol–water partition coefficient (Wildman–Crippen LogP) is 1.35. The highest BCUT2D eigenvalue weighted by Crippen LogP contribution is 2.28. The van der Waals surface area contributed by atoms with Crippen molar-refractivity contribution in [3.8, 4) is 0 Å². The minimum absolute atomic E-state index is 0.315. The molecule has 4 heteroatoms. The number of nitrogens with zero attached hydrogens (tertiary/aromatic N) is 1. The van der Waals surface area contributed by atoms with Gasteiger partial charge in [0.15, 0.2) is 0 Å². The maximum atomic E-state index is 10.5. The summed E-state index contributed by atoms with van der Waals surface area (Å²) in [6.07, 6.45) is 3.77. The normalized spacial score (nSPS) is 35.7. The van der Waals surface area contributed by atoms with E-state index in [4.69, 9.17) is 9.84 Å². The lowest BCUT2D eigenvalue weighted by atomic mass is 10.0. The zero-order valence-electron chi connectivity index (χ0n) is 9.89. The van der Waals surface area contributed by atoms with Crippen LogP contribution in [0.5, 0.6) is 0 Å². The number of carboxylic acids is 1. The van der Waals surface area contributed by atoms with Gasteiger partial charge in [-0.05, 0) is 38.6 Å². The zero-order chi connectivity index (χ0) is 11.5. The number of rotatable bonds is 4. The van der Waals surface area contributed by atoms with Crippen LogP contribution in [0.25, 0.3) is 0 Å². The van der Waals surface area contributed by atoms with E-state index in [1.54, 1.807) is 0 Å². The fourth-order valence-electron chi connectivity index (χ4n) is 2.93. The monoisotopic (exact) mass is 227 g/mol. The van der Waals surface area contributed by atoms with Crippen molar-refractivity contribution in [1.29, 1.82) is 0 Å². The Labute approximate surface area is 96.6 Å². The quantitative estimate of drug-likeness (QED) is 0.787. The summed E-state index contributed by atoms with van der Waals surface area (Å²) in [7, 11) is 0. The maximum absolute atomic E-state index is 10.5. The van der Waals surface area contributed by atoms with Gasteiger partial charge >= 0.3 is 5.97 Å². The van der Waals surface area contributed by atoms with Crippen LogP contribution in [0, 0.1) is 5.92 Å². The second kappa shape index (κ2) is 5.15. The van der Waals surface area contributed by atoms with E-state index in [2.05, 4.69) is 11.8 Å². The summed E-state index contributed by atoms with van der Waals surface area (Å²) in [5.74, 6) is -0.0973. The summed E-state index contributed by atoms with van der Waals surface area (Å²) in [4.78, 5) is 13.0. The van der Waals surface area contributed by atoms with Crippen LogP contribution in [0.4, 0.5) is 0 Å². The number of ether oxygens (including phenoxy) is 1. The van der Waals surface area contributed by atoms with Gasteiger partial charge < -0.3 is 9.84 Å². The molecule has 0 aromatic heterocycles. The Balaban J connectivity index is 1.76. The third kappa shape index (κ3) is 2.74. The summed E-state index contributed by atoms with van der Waals surface area (Å²) in [6.45, 7) is 5.19. The minimum atomic E-state index is -0.670. The van der Waals surface area contributed by atoms with Crippen LogP contribution in [0.1, 0.15) is 32.6 Å². The lowest BCUT2D eigenvalue weighted by molar-refractivity contribution is -0.137. The molecule has 0 radical (unpaired) electrons. The molecule has 2 fully saturated rings. The van der Waals surface area contributed by atoms with Crippen LogP contribution in [0.3, 0.4) is 0 Å². The molecule has 1 N–H and O–H groups in total. The lowest BCUT2D eigenvalue weighted by Crippen LogP contribution is -2.38. The Kier molecular flexibility index (Phi) is 3.82. The highest BCUT2D eigenvalue weighted by Gasteiger charge is 2.34. The first-order valence-corrected chi connectivity index (χ1v) is 6.24. The van der Waals surface area contributed by atoms with Gasteiger partial charge in [0.25, 0.3) is 0 Å². The fourth-order valence-corrected chi connectivity index (χ4v) is 2.93. The number of carbonyl (C=O) groups is 1. The Hall–Kier alpha value is -0.610. The SMILES string of the molecule is CC1OCCC1N1CCC(CCC(=O)O)C1. The van der Waals surface area contributed by atoms with Crippen LogP contribution >= 0.6 is 0 Å². The molecule has 0 amide bonds. The molecule has 3 atom stereocenters. The molecule has 0 aliphatic carbocycles. The average molecular weight is 227 g/mol. The first kappa shape index (κ1) is 11.9. The molecule has 92 valence electrons. The van der Waals surface area contributed by atoms with E-state index in [0.29, 0.717) is 24.5 Å². The third-order valence-corrected chi connectivity index (χ3v) is 3.89. The smallest absolute Gasteiger partial charge is 0.303 e. The first-order chi connectivity index (χ1) is 7.66. The summed E-state index contributed by atoms with van der Waals surface area (Å²) in [5.41, 5.74) is 0. The van der Waals surface area contributed by atoms with Crippen molar-refractivity contribution < 1.29 is 14.6 Å². The number of carboxylic acid groups (broad SMARTS) is 1. The zero-order valence-corrected chi connectivity index (χ0v) is 9.89. The largest absolute Gasteiger partial charge is 0.481 e. The van der Waals surface area contributed by atoms with Crippen molar-refractivity contribution in [2.24, 2.45) is 5.92 Å². The molecule has 2 saturated heterocycles. The highest BCUT2D eigenvalue weighted by atomic mass is 16.5. The Morgan fingerprint density at radius 3 is 2.94 bits per heavy atom. The molecular formula is C12H21NO3. The van der Waals surface area contributed by atoms with Crippen molar-refractivity contribution in [3.05, 3.63) is 0 Å². The second-order valence-electron chi connectivity index (χ2n) is 5.01. The predicted molar refractivity (Wildman–Crippen MR) is 60.4 cm³/mol. The van der Waals surface area contributed by atoms with Gasteiger partial charge in [-0.25, -0.2) is 0 Å². The number of aliphatic carboxylic acids is 1. The Bertz CT molecular complexity index is 257. The van der Waals surface area contributed by atoms with Gasteiger partial charge in [0.1, 0.15) is 0 Å². The fraction of sp³-hybridized carbons (Fsp3) is 0.917. The van der Waals surface area contributed by atoms with Crippen molar-refractivity contribution in [3.63, 3.8) is 0 Å². The van der Waals surface area contributed by atoms with E-state index in [1.165, 1.54) is 0 Å². The summed E-state index contributed by atoms with van der Waals surface area (Å²) in [6, 6.07) is 0.565. The molecule has 2 rings (SSSR count). The Morgan fingerprint density at radius 2 is 2.31 bits per heavy atom. The molecule has 0 aromatic rings. The van der Waals surface area contributed by atoms with Gasteiger partial charge in [-0.15, -0.1) is 0 Å². The molecule has 3 unspecified atom stereocenters. The van der Waals surface area contributed by atoms with E-state index >= 15 is 0 Å². The molecule has 2 heterocycles. The van der Waals surface area contributed by atoms with E-state index in [0.717, 1.165) is 39.0 Å². The lowest BCUT2D eigenvalue weighted by Gasteiger charge is -2.26. The van der Waals surface area contributed by atoms with E-state index in [9.17, 15) is 4.79 Å². The standard InChI is InChI=1S/C12H21NO3/c1-9-11(5-7-16-9)13-6-4-10(8-13)2-3-12(14)15/h9-11H,2-8H2,1H3,(H,14,15). The highest BCUT2D eigenvalue weighted by molar-refractivity contribution is 5.66. The molecule has 0 aromatic carbocycles. The minimum Gasteiger partial charge on any atom is -0.481 e. The number of hydrogen-bond donors (Lipinski definition) is 1. The van der Waals surface area contributed by atoms with Gasteiger partial charge in [-0.1, -0.05) is 0 Å². The van der Waals surface area contributed by atoms with Gasteiger partial charge in [0, 0.05) is 25.6 Å². The van der Waals surface area contributed by atoms with Crippen LogP contribution in [0.2, 0.25) is 0 Å². The van der Waals surface area contributed by atoms with E-state index in [-0.39, 0.29) is 0 Å². The number of hydrogen-bond acceptors (Lipinski definition) is 3. The van der Waals surface area contributed by atoms with Crippen LogP contribution in [0.15, 0.2) is 0 Å². The van der Waals surface area contributed by atoms with Crippen LogP contribution in [-0.2, 0) is 9.53 Å². The van der Waals surface area contributed by atoms with Gasteiger partial charge in [-0.2, -0.15) is 0 Å². The number of likely N-dealkylation sites (tertiary alicyclic amines) is 1. The molecule has 4 nitrogen and oxygen atoms in total. The summed E-state index contributed by atoms with van der Waals surface area (Å²) < 4.78 is 5.58. The first-order valence-electron chi connectivity index (χ1n) is 6.24. The van der Waals surface area contributed by atoms with E-state index < -0.39 is 5.97 Å². The Morgan fingerprint density at radius 1 is 1.50 bits per heavy atom. The molecule has 0 spiro atoms. The average Bonchev–Trinajstić information content (AvgIpc) is 2.83. The van der Waals surface area contributed by atoms with Crippen LogP contribution < -0.4 is 0 Å². The summed E-state index contributed by atoms with van der Waals surface area (Å²) >= 11 is 0. The second-order valence-corrected chi connectivity index (χ2v) is 5.01. The van der Waals surface area contributed by atoms with Gasteiger partial charge in [0.2, 0.25) is 0 Å². The van der Waals surface area contributed by atoms with Gasteiger partial charge in [-0.3, -0.25) is 9.69 Å². The molecule has 0 bridgehead atoms. The van der Waals surface area contributed by atoms with Crippen molar-refractivity contribution >= 4 is 5.97 Å².